The minimum Gasteiger partial charge on any atom is -0.369 e. The lowest BCUT2D eigenvalue weighted by Gasteiger charge is -2.31. The summed E-state index contributed by atoms with van der Waals surface area (Å²) in [5.74, 6) is -1.34. The van der Waals surface area contributed by atoms with Crippen molar-refractivity contribution in [3.63, 3.8) is 0 Å². The molecule has 5 amide bonds. The summed E-state index contributed by atoms with van der Waals surface area (Å²) < 4.78 is 0. The van der Waals surface area contributed by atoms with Crippen LogP contribution < -0.4 is 11.1 Å². The molecule has 2 aliphatic heterocycles. The molecule has 0 aromatic heterocycles. The van der Waals surface area contributed by atoms with E-state index in [2.05, 4.69) is 5.32 Å². The molecule has 0 radical (unpaired) electrons. The molecule has 1 unspecified atom stereocenters. The lowest BCUT2D eigenvalue weighted by atomic mass is 9.91. The van der Waals surface area contributed by atoms with Crippen LogP contribution in [0, 0.1) is 12.8 Å². The van der Waals surface area contributed by atoms with E-state index in [1.165, 1.54) is 0 Å². The van der Waals surface area contributed by atoms with Gasteiger partial charge in [0.2, 0.25) is 11.8 Å². The molecule has 3 N–H and O–H groups in total. The predicted molar refractivity (Wildman–Crippen MR) is 97.3 cm³/mol. The number of rotatable bonds is 4. The molecular formula is C19H24N4O4. The summed E-state index contributed by atoms with van der Waals surface area (Å²) >= 11 is 0. The van der Waals surface area contributed by atoms with E-state index in [0.717, 1.165) is 10.5 Å². The number of amides is 5. The van der Waals surface area contributed by atoms with Gasteiger partial charge in [-0.3, -0.25) is 19.3 Å². The van der Waals surface area contributed by atoms with Gasteiger partial charge in [-0.1, -0.05) is 29.8 Å². The fourth-order valence-corrected chi connectivity index (χ4v) is 3.57. The molecule has 1 aromatic rings. The third kappa shape index (κ3) is 3.51. The van der Waals surface area contributed by atoms with E-state index in [4.69, 9.17) is 5.73 Å². The summed E-state index contributed by atoms with van der Waals surface area (Å²) in [4.78, 5) is 51.6. The van der Waals surface area contributed by atoms with Crippen molar-refractivity contribution in [1.29, 1.82) is 0 Å². The van der Waals surface area contributed by atoms with Crippen LogP contribution in [-0.4, -0.2) is 53.2 Å². The van der Waals surface area contributed by atoms with Crippen LogP contribution in [0.15, 0.2) is 24.3 Å². The zero-order chi connectivity index (χ0) is 19.8. The fraction of sp³-hybridized carbons (Fsp3) is 0.474. The van der Waals surface area contributed by atoms with Gasteiger partial charge in [0.15, 0.2) is 0 Å². The maximum atomic E-state index is 12.9. The summed E-state index contributed by atoms with van der Waals surface area (Å²) in [6.45, 7) is 4.05. The zero-order valence-corrected chi connectivity index (χ0v) is 15.5. The average molecular weight is 372 g/mol. The highest BCUT2D eigenvalue weighted by molar-refractivity contribution is 6.09. The second-order valence-corrected chi connectivity index (χ2v) is 7.37. The largest absolute Gasteiger partial charge is 0.369 e. The number of benzene rings is 1. The fourth-order valence-electron chi connectivity index (χ4n) is 3.57. The topological polar surface area (TPSA) is 113 Å². The van der Waals surface area contributed by atoms with E-state index in [-0.39, 0.29) is 24.3 Å². The van der Waals surface area contributed by atoms with Crippen molar-refractivity contribution < 1.29 is 19.2 Å². The van der Waals surface area contributed by atoms with E-state index < -0.39 is 17.5 Å². The van der Waals surface area contributed by atoms with E-state index in [1.807, 2.05) is 19.1 Å². The van der Waals surface area contributed by atoms with Crippen LogP contribution in [0.5, 0.6) is 0 Å². The van der Waals surface area contributed by atoms with Crippen LogP contribution in [0.1, 0.15) is 30.9 Å². The molecule has 2 aliphatic rings. The molecule has 2 heterocycles. The van der Waals surface area contributed by atoms with Gasteiger partial charge in [0, 0.05) is 19.0 Å². The Balaban J connectivity index is 1.68. The second kappa shape index (κ2) is 7.02. The van der Waals surface area contributed by atoms with Gasteiger partial charge in [-0.2, -0.15) is 0 Å². The Bertz CT molecular complexity index is 783. The minimum absolute atomic E-state index is 0.226. The molecule has 2 saturated heterocycles. The van der Waals surface area contributed by atoms with Crippen molar-refractivity contribution in [3.05, 3.63) is 35.4 Å². The molecule has 3 rings (SSSR count). The first-order chi connectivity index (χ1) is 12.7. The molecule has 144 valence electrons. The lowest BCUT2D eigenvalue weighted by molar-refractivity contribution is -0.140. The summed E-state index contributed by atoms with van der Waals surface area (Å²) in [7, 11) is 0. The number of nitrogens with zero attached hydrogens (tertiary/aromatic N) is 2. The molecule has 0 bridgehead atoms. The molecule has 1 atom stereocenters. The number of carbonyl (C=O) groups is 4. The summed E-state index contributed by atoms with van der Waals surface area (Å²) in [6, 6.07) is 6.76. The van der Waals surface area contributed by atoms with Crippen molar-refractivity contribution in [3.8, 4) is 0 Å². The molecule has 1 aromatic carbocycles. The number of imide groups is 1. The molecule has 27 heavy (non-hydrogen) atoms. The van der Waals surface area contributed by atoms with Gasteiger partial charge in [-0.25, -0.2) is 4.79 Å². The van der Waals surface area contributed by atoms with Crippen molar-refractivity contribution in [1.82, 2.24) is 15.1 Å². The Hall–Kier alpha value is -2.90. The highest BCUT2D eigenvalue weighted by Crippen LogP contribution is 2.29. The first-order valence-corrected chi connectivity index (χ1v) is 9.00. The summed E-state index contributed by atoms with van der Waals surface area (Å²) in [5, 5.41) is 2.70. The first kappa shape index (κ1) is 18.9. The van der Waals surface area contributed by atoms with Crippen LogP contribution in [0.4, 0.5) is 4.79 Å². The van der Waals surface area contributed by atoms with Gasteiger partial charge in [0.05, 0.1) is 0 Å². The van der Waals surface area contributed by atoms with Gasteiger partial charge in [-0.05, 0) is 32.3 Å². The minimum atomic E-state index is -1.19. The van der Waals surface area contributed by atoms with Gasteiger partial charge in [0.25, 0.3) is 5.91 Å². The van der Waals surface area contributed by atoms with Gasteiger partial charge in [0.1, 0.15) is 12.1 Å². The number of hydrogen-bond donors (Lipinski definition) is 2. The van der Waals surface area contributed by atoms with Crippen molar-refractivity contribution in [2.45, 2.75) is 32.2 Å². The Morgan fingerprint density at radius 1 is 1.19 bits per heavy atom. The first-order valence-electron chi connectivity index (χ1n) is 9.00. The van der Waals surface area contributed by atoms with Gasteiger partial charge >= 0.3 is 6.03 Å². The quantitative estimate of drug-likeness (QED) is 0.749. The van der Waals surface area contributed by atoms with Crippen LogP contribution in [-0.2, 0) is 19.9 Å². The highest BCUT2D eigenvalue weighted by atomic mass is 16.2. The third-order valence-electron chi connectivity index (χ3n) is 5.45. The zero-order valence-electron chi connectivity index (χ0n) is 15.5. The summed E-state index contributed by atoms with van der Waals surface area (Å²) in [5.41, 5.74) is 5.83. The number of piperidine rings is 1. The van der Waals surface area contributed by atoms with E-state index in [0.29, 0.717) is 31.5 Å². The molecule has 2 fully saturated rings. The normalized spacial score (nSPS) is 23.5. The Kier molecular flexibility index (Phi) is 4.91. The lowest BCUT2D eigenvalue weighted by Crippen LogP contribution is -2.47. The number of likely N-dealkylation sites (tertiary alicyclic amines) is 1. The number of primary amides is 1. The van der Waals surface area contributed by atoms with Crippen molar-refractivity contribution in [2.75, 3.05) is 19.6 Å². The van der Waals surface area contributed by atoms with Crippen LogP contribution >= 0.6 is 0 Å². The van der Waals surface area contributed by atoms with Gasteiger partial charge in [-0.15, -0.1) is 0 Å². The third-order valence-corrected chi connectivity index (χ3v) is 5.45. The predicted octanol–water partition coefficient (Wildman–Crippen LogP) is 0.486. The number of carbonyl (C=O) groups excluding carboxylic acids is 4. The molecule has 0 saturated carbocycles. The molecule has 0 aliphatic carbocycles. The number of hydrogen-bond acceptors (Lipinski definition) is 4. The van der Waals surface area contributed by atoms with Crippen LogP contribution in [0.2, 0.25) is 0 Å². The Labute approximate surface area is 157 Å². The molecule has 8 heteroatoms. The second-order valence-electron chi connectivity index (χ2n) is 7.37. The molecular weight excluding hydrogens is 348 g/mol. The van der Waals surface area contributed by atoms with Crippen LogP contribution in [0.25, 0.3) is 0 Å². The van der Waals surface area contributed by atoms with Crippen LogP contribution in [0.3, 0.4) is 0 Å². The number of urea groups is 1. The highest BCUT2D eigenvalue weighted by Gasteiger charge is 2.49. The standard InChI is InChI=1S/C19H24N4O4/c1-12-3-5-14(6-4-12)19(2)17(26)23(18(27)21-19)11-15(24)22-9-7-13(8-10-22)16(20)25/h3-6,13H,7-11H2,1-2H3,(H2,20,25)(H,21,27). The SMILES string of the molecule is Cc1ccc(C2(C)NC(=O)N(CC(=O)N3CCC(C(N)=O)CC3)C2=O)cc1. The monoisotopic (exact) mass is 372 g/mol. The van der Waals surface area contributed by atoms with E-state index in [9.17, 15) is 19.2 Å². The average Bonchev–Trinajstić information content (AvgIpc) is 2.86. The van der Waals surface area contributed by atoms with E-state index in [1.54, 1.807) is 24.0 Å². The Morgan fingerprint density at radius 2 is 1.78 bits per heavy atom. The van der Waals surface area contributed by atoms with Gasteiger partial charge < -0.3 is 16.0 Å². The molecule has 0 spiro atoms. The maximum absolute atomic E-state index is 12.9. The smallest absolute Gasteiger partial charge is 0.325 e. The van der Waals surface area contributed by atoms with Crippen molar-refractivity contribution in [2.24, 2.45) is 11.7 Å². The Morgan fingerprint density at radius 3 is 2.33 bits per heavy atom. The number of aryl methyl sites for hydroxylation is 1. The van der Waals surface area contributed by atoms with E-state index >= 15 is 0 Å². The maximum Gasteiger partial charge on any atom is 0.325 e. The summed E-state index contributed by atoms with van der Waals surface area (Å²) in [6.07, 6.45) is 1.00. The van der Waals surface area contributed by atoms with Crippen molar-refractivity contribution >= 4 is 23.8 Å². The number of nitrogens with one attached hydrogen (secondary N) is 1. The molecule has 8 nitrogen and oxygen atoms in total. The number of nitrogens with two attached hydrogens (primary N) is 1.